The van der Waals surface area contributed by atoms with E-state index in [4.69, 9.17) is 16.3 Å². The van der Waals surface area contributed by atoms with Crippen molar-refractivity contribution in [3.8, 4) is 0 Å². The number of allylic oxidation sites excluding steroid dienone is 1. The van der Waals surface area contributed by atoms with Gasteiger partial charge in [0.1, 0.15) is 17.6 Å². The van der Waals surface area contributed by atoms with E-state index in [0.29, 0.717) is 30.3 Å². The average molecular weight is 461 g/mol. The summed E-state index contributed by atoms with van der Waals surface area (Å²) in [6.45, 7) is 6.65. The van der Waals surface area contributed by atoms with Crippen molar-refractivity contribution in [3.63, 3.8) is 0 Å². The third kappa shape index (κ3) is 3.53. The second-order valence-corrected chi connectivity index (χ2v) is 11.2. The van der Waals surface area contributed by atoms with Gasteiger partial charge in [-0.2, -0.15) is 0 Å². The summed E-state index contributed by atoms with van der Waals surface area (Å²) < 4.78 is 5.83. The molecule has 0 bridgehead atoms. The molecule has 1 saturated carbocycles. The Labute approximate surface area is 195 Å². The zero-order valence-electron chi connectivity index (χ0n) is 19.0. The quantitative estimate of drug-likeness (QED) is 0.478. The van der Waals surface area contributed by atoms with E-state index in [-0.39, 0.29) is 29.3 Å². The summed E-state index contributed by atoms with van der Waals surface area (Å²) >= 11 is 6.00. The van der Waals surface area contributed by atoms with E-state index < -0.39 is 11.7 Å². The summed E-state index contributed by atoms with van der Waals surface area (Å²) in [6.07, 6.45) is 5.67. The highest BCUT2D eigenvalue weighted by atomic mass is 35.5. The summed E-state index contributed by atoms with van der Waals surface area (Å²) in [6, 6.07) is 7.45. The lowest BCUT2D eigenvalue weighted by atomic mass is 9.55. The number of halogens is 1. The maximum atomic E-state index is 12.9. The van der Waals surface area contributed by atoms with Crippen molar-refractivity contribution in [2.24, 2.45) is 23.2 Å². The number of fused-ring (bicyclic) bond motifs is 2. The Morgan fingerprint density at radius 3 is 2.59 bits per heavy atom. The lowest BCUT2D eigenvalue weighted by Crippen LogP contribution is -3.14. The van der Waals surface area contributed by atoms with Crippen molar-refractivity contribution in [1.29, 1.82) is 0 Å². The number of carbonyl (C=O) groups excluding carboxylic acids is 1. The van der Waals surface area contributed by atoms with Gasteiger partial charge in [0.05, 0.1) is 25.7 Å². The van der Waals surface area contributed by atoms with Crippen molar-refractivity contribution in [3.05, 3.63) is 46.5 Å². The van der Waals surface area contributed by atoms with Gasteiger partial charge in [-0.05, 0) is 36.5 Å². The van der Waals surface area contributed by atoms with Crippen LogP contribution in [0.25, 0.3) is 0 Å². The molecule has 174 valence electrons. The highest BCUT2D eigenvalue weighted by Crippen LogP contribution is 2.55. The number of nitrogens with one attached hydrogen (secondary N) is 1. The fourth-order valence-corrected chi connectivity index (χ4v) is 7.00. The molecule has 1 aromatic carbocycles. The number of ether oxygens (including phenoxy) is 1. The van der Waals surface area contributed by atoms with Crippen LogP contribution < -0.4 is 4.90 Å². The molecule has 2 aliphatic heterocycles. The van der Waals surface area contributed by atoms with Gasteiger partial charge >= 0.3 is 5.97 Å². The molecule has 4 aliphatic rings. The fraction of sp³-hybridized carbons (Fsp3) is 0.654. The molecule has 2 heterocycles. The minimum atomic E-state index is -0.845. The number of hydrogen-bond acceptors (Lipinski definition) is 4. The second kappa shape index (κ2) is 8.12. The van der Waals surface area contributed by atoms with Gasteiger partial charge in [-0.15, -0.1) is 0 Å². The molecule has 6 heteroatoms. The van der Waals surface area contributed by atoms with Crippen LogP contribution >= 0.6 is 11.6 Å². The van der Waals surface area contributed by atoms with Gasteiger partial charge in [0.2, 0.25) is 0 Å². The Balaban J connectivity index is 1.29. The van der Waals surface area contributed by atoms with Gasteiger partial charge in [-0.1, -0.05) is 49.2 Å². The molecule has 6 atom stereocenters. The van der Waals surface area contributed by atoms with E-state index in [2.05, 4.69) is 19.9 Å². The van der Waals surface area contributed by atoms with E-state index in [1.165, 1.54) is 10.5 Å². The molecule has 0 aromatic heterocycles. The van der Waals surface area contributed by atoms with E-state index in [1.807, 2.05) is 24.3 Å². The highest BCUT2D eigenvalue weighted by Gasteiger charge is 2.60. The van der Waals surface area contributed by atoms with Gasteiger partial charge in [-0.3, -0.25) is 4.79 Å². The first kappa shape index (κ1) is 22.4. The SMILES string of the molecule is C[C@H]1CCC=C2C[C@H]3OC(=O)[C@@H](C[NH+]4CCC(O)(c5ccc(Cl)cc5)CC4)[C@H]3[C@@H](O)[C@@]21C. The monoisotopic (exact) mass is 460 g/mol. The largest absolute Gasteiger partial charge is 0.461 e. The smallest absolute Gasteiger partial charge is 0.315 e. The van der Waals surface area contributed by atoms with Crippen molar-refractivity contribution in [2.75, 3.05) is 19.6 Å². The topological polar surface area (TPSA) is 71.2 Å². The lowest BCUT2D eigenvalue weighted by Gasteiger charge is -2.51. The molecule has 1 aromatic rings. The van der Waals surface area contributed by atoms with Crippen LogP contribution in [0.4, 0.5) is 0 Å². The molecular formula is C26H35ClNO4+. The summed E-state index contributed by atoms with van der Waals surface area (Å²) in [7, 11) is 0. The van der Waals surface area contributed by atoms with Gasteiger partial charge in [-0.25, -0.2) is 0 Å². The molecule has 2 aliphatic carbocycles. The molecule has 5 nitrogen and oxygen atoms in total. The van der Waals surface area contributed by atoms with Crippen LogP contribution in [0.2, 0.25) is 5.02 Å². The van der Waals surface area contributed by atoms with E-state index in [0.717, 1.165) is 37.9 Å². The standard InChI is InChI=1S/C26H34ClNO4/c1-16-4-3-5-18-14-21-22(23(29)25(16,18)2)20(24(30)32-21)15-28-12-10-26(31,11-13-28)17-6-8-19(27)9-7-17/h5-9,16,20-23,29,31H,3-4,10-15H2,1-2H3/p+1/t16-,20-,21+,22+,23+,25+/m0/s1. The first-order chi connectivity index (χ1) is 15.2. The lowest BCUT2D eigenvalue weighted by molar-refractivity contribution is -0.910. The fourth-order valence-electron chi connectivity index (χ4n) is 6.88. The van der Waals surface area contributed by atoms with Crippen LogP contribution in [0.5, 0.6) is 0 Å². The summed E-state index contributed by atoms with van der Waals surface area (Å²) in [5.41, 5.74) is 1.07. The van der Waals surface area contributed by atoms with Gasteiger partial charge < -0.3 is 19.8 Å². The first-order valence-electron chi connectivity index (χ1n) is 12.1. The van der Waals surface area contributed by atoms with E-state index >= 15 is 0 Å². The summed E-state index contributed by atoms with van der Waals surface area (Å²) in [4.78, 5) is 14.2. The van der Waals surface area contributed by atoms with Crippen LogP contribution in [0.1, 0.15) is 51.5 Å². The van der Waals surface area contributed by atoms with Crippen LogP contribution in [-0.2, 0) is 15.1 Å². The summed E-state index contributed by atoms with van der Waals surface area (Å²) in [5.74, 6) is -0.180. The number of piperidine rings is 1. The van der Waals surface area contributed by atoms with Gasteiger partial charge in [0.25, 0.3) is 0 Å². The first-order valence-corrected chi connectivity index (χ1v) is 12.5. The van der Waals surface area contributed by atoms with Crippen molar-refractivity contribution < 1.29 is 24.6 Å². The van der Waals surface area contributed by atoms with E-state index in [9.17, 15) is 15.0 Å². The Bertz CT molecular complexity index is 907. The van der Waals surface area contributed by atoms with Crippen LogP contribution in [0.3, 0.4) is 0 Å². The molecule has 3 fully saturated rings. The summed E-state index contributed by atoms with van der Waals surface area (Å²) in [5, 5.41) is 23.4. The normalized spacial score (nSPS) is 43.8. The number of quaternary nitrogens is 1. The Morgan fingerprint density at radius 2 is 1.91 bits per heavy atom. The Kier molecular flexibility index (Phi) is 5.68. The predicted octanol–water partition coefficient (Wildman–Crippen LogP) is 2.49. The van der Waals surface area contributed by atoms with Crippen LogP contribution in [0, 0.1) is 23.2 Å². The maximum absolute atomic E-state index is 12.9. The zero-order chi connectivity index (χ0) is 22.7. The van der Waals surface area contributed by atoms with Gasteiger partial charge in [0, 0.05) is 35.6 Å². The molecular weight excluding hydrogens is 426 g/mol. The number of likely N-dealkylation sites (tertiary alicyclic amines) is 1. The third-order valence-corrected chi connectivity index (χ3v) is 9.50. The van der Waals surface area contributed by atoms with Crippen molar-refractivity contribution >= 4 is 17.6 Å². The van der Waals surface area contributed by atoms with Crippen molar-refractivity contribution in [2.45, 2.75) is 63.8 Å². The number of benzene rings is 1. The highest BCUT2D eigenvalue weighted by molar-refractivity contribution is 6.30. The van der Waals surface area contributed by atoms with Crippen LogP contribution in [0.15, 0.2) is 35.9 Å². The van der Waals surface area contributed by atoms with Crippen LogP contribution in [-0.4, -0.2) is 48.0 Å². The Hall–Kier alpha value is -1.40. The van der Waals surface area contributed by atoms with Crippen molar-refractivity contribution in [1.82, 2.24) is 0 Å². The molecule has 5 rings (SSSR count). The number of hydrogen-bond donors (Lipinski definition) is 3. The number of rotatable bonds is 3. The molecule has 0 unspecified atom stereocenters. The molecule has 3 N–H and O–H groups in total. The predicted molar refractivity (Wildman–Crippen MR) is 122 cm³/mol. The minimum Gasteiger partial charge on any atom is -0.461 e. The average Bonchev–Trinajstić information content (AvgIpc) is 3.07. The number of carbonyl (C=O) groups is 1. The number of aliphatic hydroxyl groups is 2. The molecule has 2 saturated heterocycles. The molecule has 0 amide bonds. The zero-order valence-corrected chi connectivity index (χ0v) is 19.8. The molecule has 32 heavy (non-hydrogen) atoms. The molecule has 0 radical (unpaired) electrons. The van der Waals surface area contributed by atoms with E-state index in [1.54, 1.807) is 0 Å². The number of esters is 1. The number of aliphatic hydroxyl groups excluding tert-OH is 1. The second-order valence-electron chi connectivity index (χ2n) is 10.8. The molecule has 0 spiro atoms. The van der Waals surface area contributed by atoms with Gasteiger partial charge in [0.15, 0.2) is 0 Å². The minimum absolute atomic E-state index is 0.144. The maximum Gasteiger partial charge on any atom is 0.315 e. The third-order valence-electron chi connectivity index (χ3n) is 9.24. The Morgan fingerprint density at radius 1 is 1.22 bits per heavy atom.